The molecule has 5 nitrogen and oxygen atoms in total. The molecule has 1 saturated carbocycles. The lowest BCUT2D eigenvalue weighted by atomic mass is 10.2. The summed E-state index contributed by atoms with van der Waals surface area (Å²) in [5, 5.41) is 6.31. The number of hydrogen-bond donors (Lipinski definition) is 1. The van der Waals surface area contributed by atoms with Gasteiger partial charge in [0.1, 0.15) is 5.82 Å². The third kappa shape index (κ3) is 2.90. The molecule has 106 valence electrons. The molecule has 3 rings (SSSR count). The molecule has 0 bridgehead atoms. The standard InChI is InChI=1S/C14H18N4OS/c1-9-8-20-14(15-9)13-17-11(7-12(18-13)19-2)16-10-5-3-4-6-10/h7-8,10H,3-6H2,1-2H3,(H,16,17,18). The zero-order valence-corrected chi connectivity index (χ0v) is 12.5. The predicted octanol–water partition coefficient (Wildman–Crippen LogP) is 3.27. The normalized spacial score (nSPS) is 15.5. The Morgan fingerprint density at radius 3 is 2.70 bits per heavy atom. The number of nitrogens with zero attached hydrogens (tertiary/aromatic N) is 3. The van der Waals surface area contributed by atoms with Crippen LogP contribution in [-0.2, 0) is 0 Å². The summed E-state index contributed by atoms with van der Waals surface area (Å²) in [6, 6.07) is 2.36. The van der Waals surface area contributed by atoms with Crippen molar-refractivity contribution in [3.05, 3.63) is 17.1 Å². The summed E-state index contributed by atoms with van der Waals surface area (Å²) in [6.07, 6.45) is 4.99. The SMILES string of the molecule is COc1cc(NC2CCCC2)nc(-c2nc(C)cs2)n1. The van der Waals surface area contributed by atoms with Crippen LogP contribution in [0.2, 0.25) is 0 Å². The lowest BCUT2D eigenvalue weighted by Gasteiger charge is -2.13. The average Bonchev–Trinajstić information content (AvgIpc) is 3.10. The number of ether oxygens (including phenoxy) is 1. The summed E-state index contributed by atoms with van der Waals surface area (Å²) >= 11 is 1.55. The summed E-state index contributed by atoms with van der Waals surface area (Å²) in [7, 11) is 1.62. The van der Waals surface area contributed by atoms with Crippen molar-refractivity contribution >= 4 is 17.2 Å². The highest BCUT2D eigenvalue weighted by Gasteiger charge is 2.17. The van der Waals surface area contributed by atoms with E-state index in [0.717, 1.165) is 16.5 Å². The van der Waals surface area contributed by atoms with Gasteiger partial charge in [0, 0.05) is 23.2 Å². The van der Waals surface area contributed by atoms with Crippen LogP contribution in [-0.4, -0.2) is 28.1 Å². The number of thiazole rings is 1. The second-order valence-electron chi connectivity index (χ2n) is 5.04. The lowest BCUT2D eigenvalue weighted by molar-refractivity contribution is 0.397. The molecule has 0 spiro atoms. The monoisotopic (exact) mass is 290 g/mol. The Balaban J connectivity index is 1.89. The van der Waals surface area contributed by atoms with Gasteiger partial charge in [-0.05, 0) is 19.8 Å². The number of aromatic nitrogens is 3. The second kappa shape index (κ2) is 5.75. The van der Waals surface area contributed by atoms with Gasteiger partial charge in [-0.3, -0.25) is 0 Å². The van der Waals surface area contributed by atoms with E-state index in [-0.39, 0.29) is 0 Å². The first-order valence-electron chi connectivity index (χ1n) is 6.87. The number of hydrogen-bond acceptors (Lipinski definition) is 6. The van der Waals surface area contributed by atoms with Crippen LogP contribution in [0.3, 0.4) is 0 Å². The van der Waals surface area contributed by atoms with Crippen LogP contribution in [0.25, 0.3) is 10.8 Å². The van der Waals surface area contributed by atoms with Crippen molar-refractivity contribution in [3.8, 4) is 16.7 Å². The summed E-state index contributed by atoms with van der Waals surface area (Å²) in [6.45, 7) is 1.97. The molecule has 0 aliphatic heterocycles. The number of nitrogens with one attached hydrogen (secondary N) is 1. The van der Waals surface area contributed by atoms with E-state index in [2.05, 4.69) is 20.3 Å². The maximum Gasteiger partial charge on any atom is 0.218 e. The zero-order valence-electron chi connectivity index (χ0n) is 11.7. The number of aryl methyl sites for hydroxylation is 1. The van der Waals surface area contributed by atoms with Crippen molar-refractivity contribution in [2.75, 3.05) is 12.4 Å². The van der Waals surface area contributed by atoms with E-state index in [1.165, 1.54) is 25.7 Å². The molecule has 0 amide bonds. The molecule has 1 fully saturated rings. The van der Waals surface area contributed by atoms with E-state index in [0.29, 0.717) is 17.7 Å². The van der Waals surface area contributed by atoms with Crippen LogP contribution in [0.4, 0.5) is 5.82 Å². The van der Waals surface area contributed by atoms with Crippen LogP contribution in [0.15, 0.2) is 11.4 Å². The van der Waals surface area contributed by atoms with E-state index in [1.54, 1.807) is 18.4 Å². The molecule has 1 aliphatic carbocycles. The van der Waals surface area contributed by atoms with Gasteiger partial charge in [-0.25, -0.2) is 9.97 Å². The van der Waals surface area contributed by atoms with E-state index in [1.807, 2.05) is 18.4 Å². The highest BCUT2D eigenvalue weighted by molar-refractivity contribution is 7.13. The Morgan fingerprint density at radius 1 is 1.25 bits per heavy atom. The predicted molar refractivity (Wildman–Crippen MR) is 80.3 cm³/mol. The minimum Gasteiger partial charge on any atom is -0.481 e. The third-order valence-electron chi connectivity index (χ3n) is 3.43. The number of anilines is 1. The molecule has 0 aromatic carbocycles. The zero-order chi connectivity index (χ0) is 13.9. The van der Waals surface area contributed by atoms with E-state index in [4.69, 9.17) is 4.74 Å². The van der Waals surface area contributed by atoms with Crippen LogP contribution < -0.4 is 10.1 Å². The Labute approximate surface area is 122 Å². The molecule has 1 aliphatic rings. The fourth-order valence-electron chi connectivity index (χ4n) is 2.44. The number of methoxy groups -OCH3 is 1. The third-order valence-corrected chi connectivity index (χ3v) is 4.39. The van der Waals surface area contributed by atoms with Crippen LogP contribution in [0.5, 0.6) is 5.88 Å². The van der Waals surface area contributed by atoms with Crippen molar-refractivity contribution in [1.29, 1.82) is 0 Å². The molecule has 0 saturated heterocycles. The van der Waals surface area contributed by atoms with Gasteiger partial charge >= 0.3 is 0 Å². The summed E-state index contributed by atoms with van der Waals surface area (Å²) in [5.41, 5.74) is 0.988. The highest BCUT2D eigenvalue weighted by atomic mass is 32.1. The van der Waals surface area contributed by atoms with E-state index in [9.17, 15) is 0 Å². The van der Waals surface area contributed by atoms with Gasteiger partial charge in [-0.15, -0.1) is 11.3 Å². The van der Waals surface area contributed by atoms with E-state index >= 15 is 0 Å². The molecule has 2 aromatic rings. The molecule has 0 atom stereocenters. The van der Waals surface area contributed by atoms with Crippen molar-refractivity contribution in [1.82, 2.24) is 15.0 Å². The van der Waals surface area contributed by atoms with Crippen LogP contribution in [0, 0.1) is 6.92 Å². The largest absolute Gasteiger partial charge is 0.481 e. The molecular formula is C14H18N4OS. The van der Waals surface area contributed by atoms with Gasteiger partial charge in [-0.1, -0.05) is 12.8 Å². The Morgan fingerprint density at radius 2 is 2.05 bits per heavy atom. The van der Waals surface area contributed by atoms with Gasteiger partial charge in [0.15, 0.2) is 10.8 Å². The maximum absolute atomic E-state index is 5.27. The molecule has 0 unspecified atom stereocenters. The Bertz CT molecular complexity index is 593. The molecule has 20 heavy (non-hydrogen) atoms. The minimum atomic E-state index is 0.514. The van der Waals surface area contributed by atoms with Gasteiger partial charge < -0.3 is 10.1 Å². The topological polar surface area (TPSA) is 59.9 Å². The molecular weight excluding hydrogens is 272 g/mol. The molecule has 2 heterocycles. The summed E-state index contributed by atoms with van der Waals surface area (Å²) in [4.78, 5) is 13.4. The average molecular weight is 290 g/mol. The van der Waals surface area contributed by atoms with Crippen LogP contribution >= 0.6 is 11.3 Å². The van der Waals surface area contributed by atoms with Crippen molar-refractivity contribution in [2.24, 2.45) is 0 Å². The van der Waals surface area contributed by atoms with Gasteiger partial charge in [0.05, 0.1) is 7.11 Å². The fourth-order valence-corrected chi connectivity index (χ4v) is 3.16. The van der Waals surface area contributed by atoms with Crippen LogP contribution in [0.1, 0.15) is 31.4 Å². The van der Waals surface area contributed by atoms with Crippen molar-refractivity contribution in [3.63, 3.8) is 0 Å². The van der Waals surface area contributed by atoms with Crippen molar-refractivity contribution < 1.29 is 4.74 Å². The Kier molecular flexibility index (Phi) is 3.82. The first-order chi connectivity index (χ1) is 9.74. The molecule has 1 N–H and O–H groups in total. The first-order valence-corrected chi connectivity index (χ1v) is 7.74. The second-order valence-corrected chi connectivity index (χ2v) is 5.90. The maximum atomic E-state index is 5.27. The number of rotatable bonds is 4. The van der Waals surface area contributed by atoms with Gasteiger partial charge in [0.2, 0.25) is 5.88 Å². The lowest BCUT2D eigenvalue weighted by Crippen LogP contribution is -2.16. The summed E-state index contributed by atoms with van der Waals surface area (Å²) in [5.74, 6) is 2.03. The quantitative estimate of drug-likeness (QED) is 0.936. The van der Waals surface area contributed by atoms with Gasteiger partial charge in [0.25, 0.3) is 0 Å². The van der Waals surface area contributed by atoms with E-state index < -0.39 is 0 Å². The van der Waals surface area contributed by atoms with Gasteiger partial charge in [-0.2, -0.15) is 4.98 Å². The smallest absolute Gasteiger partial charge is 0.218 e. The molecule has 6 heteroatoms. The summed E-state index contributed by atoms with van der Waals surface area (Å²) < 4.78 is 5.27. The molecule has 0 radical (unpaired) electrons. The first kappa shape index (κ1) is 13.3. The fraction of sp³-hybridized carbons (Fsp3) is 0.500. The molecule has 2 aromatic heterocycles. The van der Waals surface area contributed by atoms with Crippen molar-refractivity contribution in [2.45, 2.75) is 38.6 Å². The highest BCUT2D eigenvalue weighted by Crippen LogP contribution is 2.26. The Hall–Kier alpha value is -1.69. The minimum absolute atomic E-state index is 0.514.